The van der Waals surface area contributed by atoms with E-state index in [-0.39, 0.29) is 6.42 Å². The van der Waals surface area contributed by atoms with Crippen LogP contribution in [0, 0.1) is 0 Å². The second kappa shape index (κ2) is 4.56. The van der Waals surface area contributed by atoms with Crippen LogP contribution in [0.25, 0.3) is 0 Å². The summed E-state index contributed by atoms with van der Waals surface area (Å²) in [5.41, 5.74) is 0. The molecule has 6 heteroatoms. The van der Waals surface area contributed by atoms with E-state index in [0.29, 0.717) is 23.1 Å². The summed E-state index contributed by atoms with van der Waals surface area (Å²) in [7, 11) is 0. The van der Waals surface area contributed by atoms with Crippen molar-refractivity contribution < 1.29 is 8.78 Å². The van der Waals surface area contributed by atoms with Crippen LogP contribution in [-0.2, 0) is 0 Å². The molecular formula is C10H10Br2F2N2. The Bertz CT molecular complexity index is 398. The van der Waals surface area contributed by atoms with Gasteiger partial charge in [0.25, 0.3) is 5.92 Å². The third-order valence-corrected chi connectivity index (χ3v) is 3.67. The van der Waals surface area contributed by atoms with Gasteiger partial charge in [-0.3, -0.25) is 0 Å². The topological polar surface area (TPSA) is 24.9 Å². The molecule has 1 unspecified atom stereocenters. The number of alkyl halides is 2. The van der Waals surface area contributed by atoms with Gasteiger partial charge in [0.1, 0.15) is 5.82 Å². The van der Waals surface area contributed by atoms with Crippen molar-refractivity contribution in [1.29, 1.82) is 0 Å². The lowest BCUT2D eigenvalue weighted by atomic mass is 10.2. The summed E-state index contributed by atoms with van der Waals surface area (Å²) in [6, 6.07) is 0.972. The maximum atomic E-state index is 13.4. The lowest BCUT2D eigenvalue weighted by Crippen LogP contribution is -2.34. The lowest BCUT2D eigenvalue weighted by Gasteiger charge is -2.21. The number of anilines is 1. The summed E-state index contributed by atoms with van der Waals surface area (Å²) in [4.78, 5) is 4.07. The maximum Gasteiger partial charge on any atom is 0.267 e. The molecule has 1 heterocycles. The van der Waals surface area contributed by atoms with Crippen LogP contribution in [0.1, 0.15) is 19.3 Å². The van der Waals surface area contributed by atoms with Crippen molar-refractivity contribution in [3.63, 3.8) is 0 Å². The Balaban J connectivity index is 2.15. The quantitative estimate of drug-likeness (QED) is 0.859. The van der Waals surface area contributed by atoms with Gasteiger partial charge in [-0.05, 0) is 50.8 Å². The normalized spacial score (nSPS) is 23.4. The first-order valence-electron chi connectivity index (χ1n) is 4.94. The van der Waals surface area contributed by atoms with Crippen molar-refractivity contribution in [1.82, 2.24) is 4.98 Å². The van der Waals surface area contributed by atoms with E-state index in [9.17, 15) is 8.78 Å². The first-order chi connectivity index (χ1) is 7.49. The standard InChI is InChI=1S/C10H10Br2F2N2/c11-6-4-7(12)9(15-5-6)16-8-2-1-3-10(8,13)14/h4-5,8H,1-3H2,(H,15,16). The molecule has 1 aliphatic carbocycles. The molecule has 0 amide bonds. The van der Waals surface area contributed by atoms with Gasteiger partial charge in [-0.25, -0.2) is 13.8 Å². The Morgan fingerprint density at radius 2 is 2.19 bits per heavy atom. The first-order valence-corrected chi connectivity index (χ1v) is 6.53. The second-order valence-electron chi connectivity index (χ2n) is 3.83. The number of nitrogens with one attached hydrogen (secondary N) is 1. The third kappa shape index (κ3) is 2.53. The molecule has 16 heavy (non-hydrogen) atoms. The molecule has 0 radical (unpaired) electrons. The van der Waals surface area contributed by atoms with Crippen LogP contribution in [-0.4, -0.2) is 16.9 Å². The summed E-state index contributed by atoms with van der Waals surface area (Å²) in [6.45, 7) is 0. The van der Waals surface area contributed by atoms with Gasteiger partial charge in [0.15, 0.2) is 0 Å². The molecule has 0 saturated heterocycles. The van der Waals surface area contributed by atoms with Gasteiger partial charge in [-0.15, -0.1) is 0 Å². The molecule has 1 N–H and O–H groups in total. The zero-order chi connectivity index (χ0) is 11.8. The average molecular weight is 356 g/mol. The Hall–Kier alpha value is -0.230. The van der Waals surface area contributed by atoms with Crippen molar-refractivity contribution in [2.24, 2.45) is 0 Å². The molecule has 2 nitrogen and oxygen atoms in total. The van der Waals surface area contributed by atoms with Gasteiger partial charge in [0, 0.05) is 17.1 Å². The summed E-state index contributed by atoms with van der Waals surface area (Å²) in [6.07, 6.45) is 2.58. The van der Waals surface area contributed by atoms with E-state index < -0.39 is 12.0 Å². The lowest BCUT2D eigenvalue weighted by molar-refractivity contribution is -0.000702. The van der Waals surface area contributed by atoms with Crippen LogP contribution in [0.5, 0.6) is 0 Å². The predicted octanol–water partition coefficient (Wildman–Crippen LogP) is 4.21. The molecule has 0 spiro atoms. The van der Waals surface area contributed by atoms with Crippen molar-refractivity contribution in [2.45, 2.75) is 31.2 Å². The van der Waals surface area contributed by atoms with Crippen LogP contribution >= 0.6 is 31.9 Å². The second-order valence-corrected chi connectivity index (χ2v) is 5.60. The Morgan fingerprint density at radius 1 is 1.44 bits per heavy atom. The number of nitrogens with zero attached hydrogens (tertiary/aromatic N) is 1. The van der Waals surface area contributed by atoms with E-state index in [4.69, 9.17) is 0 Å². The molecule has 1 atom stereocenters. The molecule has 1 fully saturated rings. The van der Waals surface area contributed by atoms with Crippen LogP contribution in [0.4, 0.5) is 14.6 Å². The monoisotopic (exact) mass is 354 g/mol. The van der Waals surface area contributed by atoms with E-state index in [0.717, 1.165) is 4.47 Å². The predicted molar refractivity (Wildman–Crippen MR) is 65.8 cm³/mol. The van der Waals surface area contributed by atoms with Gasteiger partial charge < -0.3 is 5.32 Å². The fourth-order valence-corrected chi connectivity index (χ4v) is 2.89. The number of rotatable bonds is 2. The Morgan fingerprint density at radius 3 is 2.75 bits per heavy atom. The number of aromatic nitrogens is 1. The molecule has 2 rings (SSSR count). The van der Waals surface area contributed by atoms with E-state index in [2.05, 4.69) is 42.2 Å². The fourth-order valence-electron chi connectivity index (χ4n) is 1.79. The average Bonchev–Trinajstić information content (AvgIpc) is 2.50. The molecule has 1 saturated carbocycles. The molecule has 1 aromatic rings. The zero-order valence-corrected chi connectivity index (χ0v) is 11.5. The number of hydrogen-bond acceptors (Lipinski definition) is 2. The van der Waals surface area contributed by atoms with Gasteiger partial charge in [-0.1, -0.05) is 0 Å². The summed E-state index contributed by atoms with van der Waals surface area (Å²) in [5, 5.41) is 2.80. The summed E-state index contributed by atoms with van der Waals surface area (Å²) < 4.78 is 28.3. The van der Waals surface area contributed by atoms with Crippen molar-refractivity contribution in [3.8, 4) is 0 Å². The Labute approximate surface area is 109 Å². The van der Waals surface area contributed by atoms with E-state index in [1.165, 1.54) is 0 Å². The van der Waals surface area contributed by atoms with Gasteiger partial charge in [-0.2, -0.15) is 0 Å². The molecule has 0 aromatic carbocycles. The smallest absolute Gasteiger partial charge is 0.267 e. The van der Waals surface area contributed by atoms with E-state index in [1.54, 1.807) is 12.3 Å². The van der Waals surface area contributed by atoms with Gasteiger partial charge in [0.05, 0.1) is 10.5 Å². The minimum absolute atomic E-state index is 0.0428. The van der Waals surface area contributed by atoms with Crippen LogP contribution < -0.4 is 5.32 Å². The minimum Gasteiger partial charge on any atom is -0.360 e. The first kappa shape index (κ1) is 12.2. The molecular weight excluding hydrogens is 346 g/mol. The largest absolute Gasteiger partial charge is 0.360 e. The number of halogens is 4. The Kier molecular flexibility index (Phi) is 3.49. The zero-order valence-electron chi connectivity index (χ0n) is 8.31. The van der Waals surface area contributed by atoms with Crippen molar-refractivity contribution in [3.05, 3.63) is 21.2 Å². The third-order valence-electron chi connectivity index (χ3n) is 2.63. The SMILES string of the molecule is FC1(F)CCCC1Nc1ncc(Br)cc1Br. The van der Waals surface area contributed by atoms with Crippen LogP contribution in [0.2, 0.25) is 0 Å². The van der Waals surface area contributed by atoms with Crippen LogP contribution in [0.3, 0.4) is 0 Å². The fraction of sp³-hybridized carbons (Fsp3) is 0.500. The van der Waals surface area contributed by atoms with Gasteiger partial charge >= 0.3 is 0 Å². The van der Waals surface area contributed by atoms with Crippen molar-refractivity contribution >= 4 is 37.7 Å². The molecule has 0 aliphatic heterocycles. The highest BCUT2D eigenvalue weighted by Gasteiger charge is 2.44. The highest BCUT2D eigenvalue weighted by molar-refractivity contribution is 9.11. The maximum absolute atomic E-state index is 13.4. The summed E-state index contributed by atoms with van der Waals surface area (Å²) >= 11 is 6.56. The highest BCUT2D eigenvalue weighted by Crippen LogP contribution is 2.37. The van der Waals surface area contributed by atoms with Crippen molar-refractivity contribution in [2.75, 3.05) is 5.32 Å². The number of pyridine rings is 1. The minimum atomic E-state index is -2.63. The molecule has 88 valence electrons. The molecule has 1 aromatic heterocycles. The number of hydrogen-bond donors (Lipinski definition) is 1. The van der Waals surface area contributed by atoms with Gasteiger partial charge in [0.2, 0.25) is 0 Å². The highest BCUT2D eigenvalue weighted by atomic mass is 79.9. The molecule has 1 aliphatic rings. The molecule has 0 bridgehead atoms. The summed E-state index contributed by atoms with van der Waals surface area (Å²) in [5.74, 6) is -2.16. The van der Waals surface area contributed by atoms with E-state index >= 15 is 0 Å². The van der Waals surface area contributed by atoms with E-state index in [1.807, 2.05) is 0 Å². The van der Waals surface area contributed by atoms with Crippen LogP contribution in [0.15, 0.2) is 21.2 Å².